The maximum absolute atomic E-state index is 14.0. The molecule has 4 aromatic carbocycles. The Balaban J connectivity index is 1.47. The van der Waals surface area contributed by atoms with E-state index in [4.69, 9.17) is 0 Å². The number of aromatic amines is 1. The summed E-state index contributed by atoms with van der Waals surface area (Å²) in [4.78, 5) is 30.3. The van der Waals surface area contributed by atoms with Gasteiger partial charge >= 0.3 is 0 Å². The van der Waals surface area contributed by atoms with E-state index in [2.05, 4.69) is 26.2 Å². The summed E-state index contributed by atoms with van der Waals surface area (Å²) >= 11 is 3.60. The van der Waals surface area contributed by atoms with Crippen LogP contribution >= 0.6 is 15.9 Å². The van der Waals surface area contributed by atoms with Crippen molar-refractivity contribution in [3.63, 3.8) is 0 Å². The van der Waals surface area contributed by atoms with Crippen molar-refractivity contribution >= 4 is 43.6 Å². The van der Waals surface area contributed by atoms with Gasteiger partial charge in [0.1, 0.15) is 5.75 Å². The van der Waals surface area contributed by atoms with Crippen molar-refractivity contribution in [2.45, 2.75) is 18.8 Å². The molecule has 1 unspecified atom stereocenters. The van der Waals surface area contributed by atoms with Crippen LogP contribution in [0.1, 0.15) is 33.9 Å². The van der Waals surface area contributed by atoms with Crippen LogP contribution in [0.3, 0.4) is 0 Å². The lowest BCUT2D eigenvalue weighted by atomic mass is 9.85. The fraction of sp³-hybridized carbons (Fsp3) is 0.143. The number of carbonyl (C=O) groups excluding carboxylic acids is 1. The summed E-state index contributed by atoms with van der Waals surface area (Å²) in [7, 11) is 1.74. The second kappa shape index (κ2) is 11.7. The number of benzene rings is 4. The highest BCUT2D eigenvalue weighted by Crippen LogP contribution is 2.41. The highest BCUT2D eigenvalue weighted by Gasteiger charge is 2.30. The van der Waals surface area contributed by atoms with E-state index in [9.17, 15) is 14.7 Å². The Morgan fingerprint density at radius 2 is 1.64 bits per heavy atom. The molecule has 0 saturated carbocycles. The first-order valence-corrected chi connectivity index (χ1v) is 14.7. The Morgan fingerprint density at radius 1 is 0.929 bits per heavy atom. The number of fused-ring (bicyclic) bond motifs is 2. The molecule has 6 rings (SSSR count). The molecule has 3 N–H and O–H groups in total. The van der Waals surface area contributed by atoms with Gasteiger partial charge in [0.2, 0.25) is 5.91 Å². The molecule has 0 bridgehead atoms. The average Bonchev–Trinajstić information content (AvgIpc) is 3.36. The number of carbonyl (C=O) groups is 1. The predicted molar refractivity (Wildman–Crippen MR) is 171 cm³/mol. The monoisotopic (exact) mass is 619 g/mol. The minimum Gasteiger partial charge on any atom is -0.507 e. The van der Waals surface area contributed by atoms with Gasteiger partial charge in [-0.25, -0.2) is 0 Å². The molecule has 0 spiro atoms. The van der Waals surface area contributed by atoms with Crippen molar-refractivity contribution in [2.24, 2.45) is 7.05 Å². The van der Waals surface area contributed by atoms with Crippen LogP contribution in [-0.4, -0.2) is 27.1 Å². The summed E-state index contributed by atoms with van der Waals surface area (Å²) in [5.41, 5.74) is 5.24. The third-order valence-electron chi connectivity index (χ3n) is 7.82. The number of halogens is 1. The van der Waals surface area contributed by atoms with Crippen molar-refractivity contribution in [1.82, 2.24) is 14.9 Å². The zero-order valence-corrected chi connectivity index (χ0v) is 24.7. The van der Waals surface area contributed by atoms with Crippen molar-refractivity contribution in [1.29, 1.82) is 0 Å². The lowest BCUT2D eigenvalue weighted by molar-refractivity contribution is -0.120. The summed E-state index contributed by atoms with van der Waals surface area (Å²) < 4.78 is 2.47. The zero-order chi connectivity index (χ0) is 29.2. The van der Waals surface area contributed by atoms with Crippen LogP contribution in [0.2, 0.25) is 0 Å². The summed E-state index contributed by atoms with van der Waals surface area (Å²) in [6.07, 6.45) is 0.849. The molecule has 7 heteroatoms. The number of hydrogen-bond donors (Lipinski definition) is 3. The maximum atomic E-state index is 14.0. The smallest absolute Gasteiger partial charge is 0.258 e. The van der Waals surface area contributed by atoms with Gasteiger partial charge in [0.05, 0.1) is 23.4 Å². The highest BCUT2D eigenvalue weighted by atomic mass is 79.9. The van der Waals surface area contributed by atoms with Crippen molar-refractivity contribution in [3.8, 4) is 5.75 Å². The number of aromatic hydroxyl groups is 1. The number of hydrogen-bond acceptors (Lipinski definition) is 3. The third kappa shape index (κ3) is 5.23. The lowest BCUT2D eigenvalue weighted by Crippen LogP contribution is -2.28. The normalized spacial score (nSPS) is 12.0. The second-order valence-corrected chi connectivity index (χ2v) is 11.4. The molecule has 1 amide bonds. The Morgan fingerprint density at radius 3 is 2.43 bits per heavy atom. The van der Waals surface area contributed by atoms with Gasteiger partial charge in [-0.1, -0.05) is 88.7 Å². The number of para-hydroxylation sites is 2. The number of amides is 1. The molecule has 0 saturated heterocycles. The van der Waals surface area contributed by atoms with Gasteiger partial charge in [-0.15, -0.1) is 0 Å². The first kappa shape index (κ1) is 27.5. The van der Waals surface area contributed by atoms with Crippen LogP contribution in [-0.2, 0) is 24.7 Å². The first-order valence-electron chi connectivity index (χ1n) is 13.9. The van der Waals surface area contributed by atoms with Crippen LogP contribution in [0.25, 0.3) is 21.8 Å². The summed E-state index contributed by atoms with van der Waals surface area (Å²) in [6, 6.07) is 32.9. The quantitative estimate of drug-likeness (QED) is 0.180. The standard InChI is InChI=1S/C35H30BrN3O3/c1-39-29-17-8-6-15-27(29)34(41)32(35(39)42)31(23-12-9-13-24(36)21-23)33-26(25-14-5-7-16-28(25)38-33)18-19-37-30(40)20-22-10-3-2-4-11-22/h2-17,21,31,38,41H,18-20H2,1H3,(H,37,40). The SMILES string of the molecule is Cn1c(=O)c(C(c2cccc(Br)c2)c2[nH]c3ccccc3c2CCNC(=O)Cc2ccccc2)c(O)c2ccccc21. The van der Waals surface area contributed by atoms with Crippen molar-refractivity contribution in [2.75, 3.05) is 6.54 Å². The third-order valence-corrected chi connectivity index (χ3v) is 8.31. The summed E-state index contributed by atoms with van der Waals surface area (Å²) in [6.45, 7) is 0.424. The molecule has 6 aromatic rings. The molecular formula is C35H30BrN3O3. The molecule has 0 fully saturated rings. The zero-order valence-electron chi connectivity index (χ0n) is 23.1. The van der Waals surface area contributed by atoms with Crippen LogP contribution in [0.4, 0.5) is 0 Å². The molecule has 0 aliphatic heterocycles. The van der Waals surface area contributed by atoms with E-state index in [0.717, 1.165) is 37.8 Å². The Bertz CT molecular complexity index is 1980. The molecular weight excluding hydrogens is 590 g/mol. The number of pyridine rings is 1. The van der Waals surface area contributed by atoms with Crippen LogP contribution in [0, 0.1) is 0 Å². The molecule has 0 aliphatic carbocycles. The number of aryl methyl sites for hydroxylation is 1. The van der Waals surface area contributed by atoms with E-state index >= 15 is 0 Å². The fourth-order valence-corrected chi connectivity index (χ4v) is 6.25. The minimum absolute atomic E-state index is 0.0283. The molecule has 2 aromatic heterocycles. The Labute approximate surface area is 251 Å². The van der Waals surface area contributed by atoms with E-state index in [-0.39, 0.29) is 17.2 Å². The van der Waals surface area contributed by atoms with Gasteiger partial charge in [0.15, 0.2) is 0 Å². The molecule has 0 aliphatic rings. The number of rotatable bonds is 8. The largest absolute Gasteiger partial charge is 0.507 e. The molecule has 42 heavy (non-hydrogen) atoms. The fourth-order valence-electron chi connectivity index (χ4n) is 5.83. The van der Waals surface area contributed by atoms with Gasteiger partial charge in [0, 0.05) is 40.0 Å². The molecule has 2 heterocycles. The van der Waals surface area contributed by atoms with E-state index in [1.165, 1.54) is 0 Å². The number of nitrogens with one attached hydrogen (secondary N) is 2. The molecule has 1 atom stereocenters. The number of H-pyrrole nitrogens is 1. The van der Waals surface area contributed by atoms with Crippen LogP contribution in [0.5, 0.6) is 5.75 Å². The van der Waals surface area contributed by atoms with Crippen LogP contribution < -0.4 is 10.9 Å². The van der Waals surface area contributed by atoms with Gasteiger partial charge < -0.3 is 20.0 Å². The van der Waals surface area contributed by atoms with E-state index in [0.29, 0.717) is 35.9 Å². The average molecular weight is 621 g/mol. The lowest BCUT2D eigenvalue weighted by Gasteiger charge is -2.22. The van der Waals surface area contributed by atoms with Gasteiger partial charge in [-0.3, -0.25) is 9.59 Å². The van der Waals surface area contributed by atoms with Crippen molar-refractivity contribution < 1.29 is 9.90 Å². The van der Waals surface area contributed by atoms with E-state index in [1.807, 2.05) is 103 Å². The minimum atomic E-state index is -0.590. The maximum Gasteiger partial charge on any atom is 0.258 e. The van der Waals surface area contributed by atoms with E-state index in [1.54, 1.807) is 11.6 Å². The second-order valence-electron chi connectivity index (χ2n) is 10.5. The van der Waals surface area contributed by atoms with Crippen molar-refractivity contribution in [3.05, 3.63) is 146 Å². The Hall–Kier alpha value is -4.62. The van der Waals surface area contributed by atoms with Crippen LogP contribution in [0.15, 0.2) is 112 Å². The van der Waals surface area contributed by atoms with Gasteiger partial charge in [0.25, 0.3) is 5.56 Å². The molecule has 0 radical (unpaired) electrons. The molecule has 210 valence electrons. The molecule has 6 nitrogen and oxygen atoms in total. The Kier molecular flexibility index (Phi) is 7.68. The number of aromatic nitrogens is 2. The van der Waals surface area contributed by atoms with Gasteiger partial charge in [-0.05, 0) is 53.4 Å². The van der Waals surface area contributed by atoms with Gasteiger partial charge in [-0.2, -0.15) is 0 Å². The highest BCUT2D eigenvalue weighted by molar-refractivity contribution is 9.10. The van der Waals surface area contributed by atoms with E-state index < -0.39 is 5.92 Å². The topological polar surface area (TPSA) is 87.1 Å². The summed E-state index contributed by atoms with van der Waals surface area (Å²) in [5, 5.41) is 16.4. The predicted octanol–water partition coefficient (Wildman–Crippen LogP) is 6.57. The summed E-state index contributed by atoms with van der Waals surface area (Å²) in [5.74, 6) is -0.667. The number of nitrogens with zero attached hydrogens (tertiary/aromatic N) is 1. The first-order chi connectivity index (χ1) is 20.4.